The molecule has 168 valence electrons. The van der Waals surface area contributed by atoms with Crippen LogP contribution in [0, 0.1) is 11.6 Å². The van der Waals surface area contributed by atoms with Gasteiger partial charge in [-0.1, -0.05) is 0 Å². The summed E-state index contributed by atoms with van der Waals surface area (Å²) in [5.41, 5.74) is -0.565. The van der Waals surface area contributed by atoms with Gasteiger partial charge in [0.1, 0.15) is 23.0 Å². The molecule has 0 unspecified atom stereocenters. The Morgan fingerprint density at radius 3 is 2.59 bits per heavy atom. The van der Waals surface area contributed by atoms with E-state index >= 15 is 0 Å². The molecule has 0 spiro atoms. The monoisotopic (exact) mass is 444 g/mol. The maximum Gasteiger partial charge on any atom is 0.251 e. The molecule has 2 aromatic heterocycles. The molecular formula is C21H22F2N6O3. The zero-order valence-electron chi connectivity index (χ0n) is 17.4. The van der Waals surface area contributed by atoms with E-state index in [4.69, 9.17) is 5.11 Å². The molecular weight excluding hydrogens is 422 g/mol. The van der Waals surface area contributed by atoms with Gasteiger partial charge in [-0.3, -0.25) is 9.78 Å². The van der Waals surface area contributed by atoms with Crippen LogP contribution in [0.15, 0.2) is 42.7 Å². The highest BCUT2D eigenvalue weighted by Crippen LogP contribution is 2.25. The van der Waals surface area contributed by atoms with Gasteiger partial charge in [0.2, 0.25) is 5.95 Å². The van der Waals surface area contributed by atoms with Crippen molar-refractivity contribution in [1.82, 2.24) is 25.5 Å². The van der Waals surface area contributed by atoms with E-state index in [-0.39, 0.29) is 35.0 Å². The lowest BCUT2D eigenvalue weighted by atomic mass is 9.99. The topological polar surface area (TPSA) is 133 Å². The maximum atomic E-state index is 14.4. The van der Waals surface area contributed by atoms with E-state index < -0.39 is 35.8 Å². The quantitative estimate of drug-likeness (QED) is 0.412. The predicted molar refractivity (Wildman–Crippen MR) is 111 cm³/mol. The first-order chi connectivity index (χ1) is 15.2. The minimum absolute atomic E-state index is 0.00179. The van der Waals surface area contributed by atoms with Crippen molar-refractivity contribution in [3.63, 3.8) is 0 Å². The van der Waals surface area contributed by atoms with Crippen molar-refractivity contribution in [2.24, 2.45) is 0 Å². The highest BCUT2D eigenvalue weighted by atomic mass is 19.1. The fourth-order valence-electron chi connectivity index (χ4n) is 2.88. The average molecular weight is 444 g/mol. The van der Waals surface area contributed by atoms with E-state index in [2.05, 4.69) is 30.8 Å². The van der Waals surface area contributed by atoms with Crippen LogP contribution in [0.2, 0.25) is 0 Å². The average Bonchev–Trinajstić information content (AvgIpc) is 2.78. The molecule has 3 rings (SSSR count). The number of rotatable bonds is 8. The fraction of sp³-hybridized carbons (Fsp3) is 0.286. The lowest BCUT2D eigenvalue weighted by Gasteiger charge is -2.25. The molecule has 2 heterocycles. The number of anilines is 1. The molecule has 0 fully saturated rings. The first kappa shape index (κ1) is 23.1. The lowest BCUT2D eigenvalue weighted by Crippen LogP contribution is -2.33. The van der Waals surface area contributed by atoms with Crippen molar-refractivity contribution < 1.29 is 23.8 Å². The van der Waals surface area contributed by atoms with Crippen LogP contribution in [0.25, 0.3) is 11.3 Å². The van der Waals surface area contributed by atoms with Crippen LogP contribution in [0.3, 0.4) is 0 Å². The van der Waals surface area contributed by atoms with Crippen LogP contribution in [-0.2, 0) is 5.54 Å². The Labute approximate surface area is 182 Å². The van der Waals surface area contributed by atoms with Crippen LogP contribution < -0.4 is 10.6 Å². The Morgan fingerprint density at radius 1 is 1.16 bits per heavy atom. The Bertz CT molecular complexity index is 1100. The number of halogens is 2. The first-order valence-corrected chi connectivity index (χ1v) is 9.67. The summed E-state index contributed by atoms with van der Waals surface area (Å²) in [5.74, 6) is -1.60. The Balaban J connectivity index is 1.78. The number of nitrogens with zero attached hydrogens (tertiary/aromatic N) is 4. The summed E-state index contributed by atoms with van der Waals surface area (Å²) in [4.78, 5) is 20.4. The molecule has 0 radical (unpaired) electrons. The van der Waals surface area contributed by atoms with E-state index in [1.165, 1.54) is 36.7 Å². The third-order valence-electron chi connectivity index (χ3n) is 4.55. The highest BCUT2D eigenvalue weighted by Gasteiger charge is 2.26. The number of carbonyl (C=O) groups is 1. The van der Waals surface area contributed by atoms with Crippen LogP contribution in [0.5, 0.6) is 0 Å². The third-order valence-corrected chi connectivity index (χ3v) is 4.55. The first-order valence-electron chi connectivity index (χ1n) is 9.67. The minimum atomic E-state index is -1.10. The second-order valence-corrected chi connectivity index (χ2v) is 7.49. The van der Waals surface area contributed by atoms with Gasteiger partial charge in [0.15, 0.2) is 0 Å². The van der Waals surface area contributed by atoms with Gasteiger partial charge in [0, 0.05) is 23.9 Å². The zero-order chi connectivity index (χ0) is 23.3. The second-order valence-electron chi connectivity index (χ2n) is 7.49. The van der Waals surface area contributed by atoms with Gasteiger partial charge < -0.3 is 20.8 Å². The number of hydrogen-bond acceptors (Lipinski definition) is 8. The summed E-state index contributed by atoms with van der Waals surface area (Å²) < 4.78 is 28.4. The summed E-state index contributed by atoms with van der Waals surface area (Å²) in [7, 11) is 0. The van der Waals surface area contributed by atoms with Crippen molar-refractivity contribution in [2.45, 2.75) is 25.5 Å². The number of nitrogens with one attached hydrogen (secondary N) is 2. The molecule has 0 saturated heterocycles. The number of benzene rings is 1. The molecule has 1 amide bonds. The van der Waals surface area contributed by atoms with Gasteiger partial charge in [-0.15, -0.1) is 10.2 Å². The number of hydrogen-bond donors (Lipinski definition) is 4. The van der Waals surface area contributed by atoms with Crippen LogP contribution >= 0.6 is 0 Å². The normalized spacial score (nSPS) is 12.3. The number of aliphatic hydroxyl groups is 2. The van der Waals surface area contributed by atoms with E-state index in [9.17, 15) is 18.7 Å². The van der Waals surface area contributed by atoms with Gasteiger partial charge in [-0.05, 0) is 44.2 Å². The Kier molecular flexibility index (Phi) is 7.01. The summed E-state index contributed by atoms with van der Waals surface area (Å²) in [5, 5.41) is 31.4. The Hall–Kier alpha value is -3.57. The molecule has 0 aliphatic carbocycles. The lowest BCUT2D eigenvalue weighted by molar-refractivity contribution is 0.0802. The number of pyridine rings is 1. The summed E-state index contributed by atoms with van der Waals surface area (Å²) >= 11 is 0. The molecule has 32 heavy (non-hydrogen) atoms. The largest absolute Gasteiger partial charge is 0.394 e. The molecule has 9 nitrogen and oxygen atoms in total. The van der Waals surface area contributed by atoms with Gasteiger partial charge >= 0.3 is 0 Å². The third kappa shape index (κ3) is 5.37. The van der Waals surface area contributed by atoms with Crippen molar-refractivity contribution in [2.75, 3.05) is 18.5 Å². The van der Waals surface area contributed by atoms with Crippen molar-refractivity contribution in [1.29, 1.82) is 0 Å². The molecule has 3 aromatic rings. The molecule has 0 saturated carbocycles. The molecule has 0 aliphatic rings. The van der Waals surface area contributed by atoms with Crippen LogP contribution in [0.4, 0.5) is 14.7 Å². The predicted octanol–water partition coefficient (Wildman–Crippen LogP) is 1.64. The number of carbonyl (C=O) groups excluding carboxylic acids is 1. The minimum Gasteiger partial charge on any atom is -0.394 e. The van der Waals surface area contributed by atoms with Crippen molar-refractivity contribution in [3.05, 3.63) is 65.6 Å². The highest BCUT2D eigenvalue weighted by molar-refractivity contribution is 5.95. The second kappa shape index (κ2) is 9.71. The van der Waals surface area contributed by atoms with E-state index in [1.54, 1.807) is 13.8 Å². The van der Waals surface area contributed by atoms with E-state index in [1.807, 2.05) is 0 Å². The summed E-state index contributed by atoms with van der Waals surface area (Å²) in [6, 6.07) is 6.44. The van der Waals surface area contributed by atoms with Crippen LogP contribution in [0.1, 0.15) is 29.9 Å². The number of aromatic nitrogens is 4. The fourth-order valence-corrected chi connectivity index (χ4v) is 2.88. The molecule has 1 atom stereocenters. The van der Waals surface area contributed by atoms with Gasteiger partial charge in [0.05, 0.1) is 24.4 Å². The van der Waals surface area contributed by atoms with Crippen molar-refractivity contribution >= 4 is 11.9 Å². The van der Waals surface area contributed by atoms with E-state index in [0.29, 0.717) is 0 Å². The summed E-state index contributed by atoms with van der Waals surface area (Å²) in [6.45, 7) is 2.74. The number of aliphatic hydroxyl groups excluding tert-OH is 2. The summed E-state index contributed by atoms with van der Waals surface area (Å²) in [6.07, 6.45) is 1.65. The van der Waals surface area contributed by atoms with E-state index in [0.717, 1.165) is 6.07 Å². The molecule has 4 N–H and O–H groups in total. The van der Waals surface area contributed by atoms with Gasteiger partial charge in [-0.25, -0.2) is 13.8 Å². The molecule has 1 aromatic carbocycles. The van der Waals surface area contributed by atoms with Gasteiger partial charge in [-0.2, -0.15) is 0 Å². The molecule has 0 aliphatic heterocycles. The maximum absolute atomic E-state index is 14.4. The smallest absolute Gasteiger partial charge is 0.251 e. The molecule has 0 bridgehead atoms. The van der Waals surface area contributed by atoms with Gasteiger partial charge in [0.25, 0.3) is 5.91 Å². The Morgan fingerprint density at radius 2 is 1.94 bits per heavy atom. The zero-order valence-corrected chi connectivity index (χ0v) is 17.4. The van der Waals surface area contributed by atoms with Crippen LogP contribution in [-0.4, -0.2) is 55.5 Å². The SMILES string of the molecule is CC(C)(Nc1ncc(-c2cc(C(=O)NC[C@H](O)CO)ccc2F)nn1)c1ncccc1F. The molecule has 11 heteroatoms. The number of amides is 1. The standard InChI is InChI=1S/C21H22F2N6O3/c1-21(2,18-16(23)4-3-7-24-18)27-20-26-10-17(28-29-20)14-8-12(5-6-15(14)22)19(32)25-9-13(31)11-30/h3-8,10,13,30-31H,9,11H2,1-2H3,(H,25,32)(H,26,27,29)/t13-/m0/s1. The van der Waals surface area contributed by atoms with Crippen molar-refractivity contribution in [3.8, 4) is 11.3 Å².